The van der Waals surface area contributed by atoms with Crippen molar-refractivity contribution in [1.29, 1.82) is 0 Å². The summed E-state index contributed by atoms with van der Waals surface area (Å²) in [5, 5.41) is 11.3. The van der Waals surface area contributed by atoms with E-state index in [0.29, 0.717) is 0 Å². The van der Waals surface area contributed by atoms with Crippen molar-refractivity contribution in [3.05, 3.63) is 199 Å². The number of hydrogen-bond acceptors (Lipinski definition) is 2. The molecule has 0 fully saturated rings. The number of nitrogens with one attached hydrogen (secondary N) is 1. The monoisotopic (exact) mass is 664 g/mol. The normalized spacial score (nSPS) is 14.2. The first kappa shape index (κ1) is 28.9. The Hall–Kier alpha value is -6.91. The number of benzene rings is 8. The summed E-state index contributed by atoms with van der Waals surface area (Å²) in [5.41, 5.74) is 11.4. The van der Waals surface area contributed by atoms with Gasteiger partial charge in [0.2, 0.25) is 0 Å². The Morgan fingerprint density at radius 3 is 2.02 bits per heavy atom. The van der Waals surface area contributed by atoms with Crippen LogP contribution in [0.4, 0.5) is 5.69 Å². The number of amidine groups is 1. The topological polar surface area (TPSA) is 34.2 Å². The van der Waals surface area contributed by atoms with E-state index in [1.165, 1.54) is 65.5 Å². The molecule has 0 bridgehead atoms. The van der Waals surface area contributed by atoms with Gasteiger partial charge in [-0.25, -0.2) is 4.99 Å². The third kappa shape index (κ3) is 4.31. The van der Waals surface area contributed by atoms with Crippen LogP contribution < -0.4 is 5.32 Å². The van der Waals surface area contributed by atoms with Gasteiger partial charge in [0.25, 0.3) is 0 Å². The lowest BCUT2D eigenvalue weighted by Crippen LogP contribution is -2.32. The van der Waals surface area contributed by atoms with E-state index < -0.39 is 0 Å². The van der Waals surface area contributed by atoms with Gasteiger partial charge >= 0.3 is 0 Å². The Morgan fingerprint density at radius 2 is 1.13 bits per heavy atom. The Labute approximate surface area is 300 Å². The highest BCUT2D eigenvalue weighted by molar-refractivity contribution is 6.25. The Balaban J connectivity index is 1.16. The summed E-state index contributed by atoms with van der Waals surface area (Å²) in [6.07, 6.45) is 0. The van der Waals surface area contributed by atoms with Crippen LogP contribution >= 0.6 is 0 Å². The van der Waals surface area contributed by atoms with Gasteiger partial charge in [0.05, 0.1) is 33.8 Å². The van der Waals surface area contributed by atoms with Gasteiger partial charge in [0.15, 0.2) is 0 Å². The summed E-state index contributed by atoms with van der Waals surface area (Å²) in [7, 11) is 0. The van der Waals surface area contributed by atoms with Crippen molar-refractivity contribution in [2.24, 2.45) is 4.99 Å². The van der Waals surface area contributed by atoms with Crippen molar-refractivity contribution in [3.63, 3.8) is 0 Å². The Morgan fingerprint density at radius 1 is 0.442 bits per heavy atom. The number of hydrogen-bond donors (Lipinski definition) is 1. The van der Waals surface area contributed by atoms with Crippen LogP contribution in [0.2, 0.25) is 0 Å². The summed E-state index contributed by atoms with van der Waals surface area (Å²) < 4.78 is 4.85. The first-order chi connectivity index (χ1) is 25.8. The molecule has 1 N–H and O–H groups in total. The van der Waals surface area contributed by atoms with Crippen LogP contribution in [0.1, 0.15) is 22.7 Å². The SMILES string of the molecule is c1ccc(C2NC(c3cccc(-n4c5ccccc5c5cc6c7c8ccccc8ccc7n(-c7ccccc7)c6cc54)c3)=Nc3ccccc32)cc1. The fourth-order valence-corrected chi connectivity index (χ4v) is 8.43. The Bertz CT molecular complexity index is 3040. The van der Waals surface area contributed by atoms with Crippen molar-refractivity contribution >= 4 is 65.9 Å². The van der Waals surface area contributed by atoms with Gasteiger partial charge in [-0.15, -0.1) is 0 Å². The molecule has 1 aliphatic rings. The second-order valence-corrected chi connectivity index (χ2v) is 13.6. The van der Waals surface area contributed by atoms with E-state index in [1.807, 2.05) is 0 Å². The number of para-hydroxylation sites is 3. The molecule has 0 radical (unpaired) electrons. The van der Waals surface area contributed by atoms with Gasteiger partial charge in [0.1, 0.15) is 5.84 Å². The van der Waals surface area contributed by atoms with Crippen molar-refractivity contribution in [2.45, 2.75) is 6.04 Å². The van der Waals surface area contributed by atoms with Crippen molar-refractivity contribution in [1.82, 2.24) is 14.5 Å². The van der Waals surface area contributed by atoms with E-state index in [-0.39, 0.29) is 6.04 Å². The molecule has 0 spiro atoms. The summed E-state index contributed by atoms with van der Waals surface area (Å²) in [4.78, 5) is 5.17. The first-order valence-corrected chi connectivity index (χ1v) is 17.8. The molecule has 52 heavy (non-hydrogen) atoms. The average molecular weight is 665 g/mol. The van der Waals surface area contributed by atoms with E-state index in [0.717, 1.165) is 28.5 Å². The minimum absolute atomic E-state index is 0.00562. The number of fused-ring (bicyclic) bond motifs is 9. The second-order valence-electron chi connectivity index (χ2n) is 13.6. The number of rotatable bonds is 4. The maximum Gasteiger partial charge on any atom is 0.134 e. The van der Waals surface area contributed by atoms with Gasteiger partial charge < -0.3 is 14.5 Å². The molecule has 2 aromatic heterocycles. The first-order valence-electron chi connectivity index (χ1n) is 17.8. The predicted octanol–water partition coefficient (Wildman–Crippen LogP) is 11.8. The zero-order valence-electron chi connectivity index (χ0n) is 28.2. The second kappa shape index (κ2) is 11.3. The molecule has 10 aromatic rings. The third-order valence-corrected chi connectivity index (χ3v) is 10.7. The van der Waals surface area contributed by atoms with Crippen LogP contribution in [-0.2, 0) is 0 Å². The fourth-order valence-electron chi connectivity index (χ4n) is 8.43. The van der Waals surface area contributed by atoms with Crippen molar-refractivity contribution in [2.75, 3.05) is 0 Å². The van der Waals surface area contributed by atoms with Gasteiger partial charge in [-0.05, 0) is 70.9 Å². The summed E-state index contributed by atoms with van der Waals surface area (Å²) >= 11 is 0. The van der Waals surface area contributed by atoms with Crippen LogP contribution in [0.25, 0.3) is 65.8 Å². The highest BCUT2D eigenvalue weighted by Crippen LogP contribution is 2.42. The van der Waals surface area contributed by atoms with Gasteiger partial charge in [-0.1, -0.05) is 127 Å². The highest BCUT2D eigenvalue weighted by Gasteiger charge is 2.25. The van der Waals surface area contributed by atoms with E-state index in [2.05, 4.69) is 196 Å². The summed E-state index contributed by atoms with van der Waals surface area (Å²) in [6.45, 7) is 0. The summed E-state index contributed by atoms with van der Waals surface area (Å²) in [6, 6.07) is 65.5. The quantitative estimate of drug-likeness (QED) is 0.200. The van der Waals surface area contributed by atoms with Crippen LogP contribution in [0.15, 0.2) is 187 Å². The molecule has 1 atom stereocenters. The van der Waals surface area contributed by atoms with Crippen LogP contribution in [0.3, 0.4) is 0 Å². The highest BCUT2D eigenvalue weighted by atomic mass is 15.1. The molecule has 0 aliphatic carbocycles. The number of nitrogens with zero attached hydrogens (tertiary/aromatic N) is 3. The molecule has 1 aliphatic heterocycles. The van der Waals surface area contributed by atoms with E-state index in [1.54, 1.807) is 0 Å². The smallest absolute Gasteiger partial charge is 0.134 e. The number of aromatic nitrogens is 2. The van der Waals surface area contributed by atoms with Gasteiger partial charge in [0, 0.05) is 44.0 Å². The predicted molar refractivity (Wildman–Crippen MR) is 217 cm³/mol. The molecule has 3 heterocycles. The lowest BCUT2D eigenvalue weighted by atomic mass is 9.95. The van der Waals surface area contributed by atoms with E-state index in [4.69, 9.17) is 4.99 Å². The lowest BCUT2D eigenvalue weighted by molar-refractivity contribution is 0.749. The molecule has 0 saturated heterocycles. The molecule has 244 valence electrons. The number of aliphatic imine (C=N–C) groups is 1. The standard InChI is InChI=1S/C48H32N4/c1-3-15-32(16-4-1)47-38-23-9-11-24-41(38)49-48(50-47)33-17-13-20-35(28-33)52-42-25-12-10-22-37(42)39-29-40-45(30-44(39)52)51(34-18-5-2-6-19-34)43-27-26-31-14-7-8-21-36(31)46(40)43/h1-30,47H,(H,49,50). The van der Waals surface area contributed by atoms with Gasteiger partial charge in [-0.3, -0.25) is 0 Å². The molecular weight excluding hydrogens is 633 g/mol. The molecule has 0 saturated carbocycles. The molecule has 11 rings (SSSR count). The minimum atomic E-state index is 0.00562. The zero-order chi connectivity index (χ0) is 34.2. The largest absolute Gasteiger partial charge is 0.359 e. The van der Waals surface area contributed by atoms with Crippen molar-refractivity contribution in [3.8, 4) is 11.4 Å². The average Bonchev–Trinajstić information content (AvgIpc) is 3.72. The minimum Gasteiger partial charge on any atom is -0.359 e. The molecule has 8 aromatic carbocycles. The maximum absolute atomic E-state index is 5.17. The maximum atomic E-state index is 5.17. The lowest BCUT2D eigenvalue weighted by Gasteiger charge is -2.28. The molecule has 4 nitrogen and oxygen atoms in total. The molecule has 0 amide bonds. The van der Waals surface area contributed by atoms with Crippen LogP contribution in [-0.4, -0.2) is 15.0 Å². The van der Waals surface area contributed by atoms with Crippen molar-refractivity contribution < 1.29 is 0 Å². The summed E-state index contributed by atoms with van der Waals surface area (Å²) in [5.74, 6) is 0.869. The van der Waals surface area contributed by atoms with E-state index in [9.17, 15) is 0 Å². The molecule has 4 heteroatoms. The Kier molecular flexibility index (Phi) is 6.28. The van der Waals surface area contributed by atoms with Crippen LogP contribution in [0.5, 0.6) is 0 Å². The molecule has 1 unspecified atom stereocenters. The van der Waals surface area contributed by atoms with E-state index >= 15 is 0 Å². The fraction of sp³-hybridized carbons (Fsp3) is 0.0208. The van der Waals surface area contributed by atoms with Gasteiger partial charge in [-0.2, -0.15) is 0 Å². The molecular formula is C48H32N4. The third-order valence-electron chi connectivity index (χ3n) is 10.7. The van der Waals surface area contributed by atoms with Crippen LogP contribution in [0, 0.1) is 0 Å². The zero-order valence-corrected chi connectivity index (χ0v) is 28.2.